The third-order valence-corrected chi connectivity index (χ3v) is 7.84. The smallest absolute Gasteiger partial charge is 0.294 e. The summed E-state index contributed by atoms with van der Waals surface area (Å²) in [6.07, 6.45) is 3.54. The highest BCUT2D eigenvalue weighted by Crippen LogP contribution is 2.34. The maximum Gasteiger partial charge on any atom is 0.294 e. The molecule has 39 heavy (non-hydrogen) atoms. The van der Waals surface area contributed by atoms with Gasteiger partial charge in [0.2, 0.25) is 5.91 Å². The van der Waals surface area contributed by atoms with Crippen LogP contribution in [0.5, 0.6) is 0 Å². The number of rotatable bonds is 6. The number of nitrogens with one attached hydrogen (secondary N) is 1. The molecule has 5 rings (SSSR count). The highest BCUT2D eigenvalue weighted by Gasteiger charge is 2.36. The van der Waals surface area contributed by atoms with E-state index < -0.39 is 22.9 Å². The number of aromatic nitrogens is 1. The number of halogens is 2. The summed E-state index contributed by atoms with van der Waals surface area (Å²) in [4.78, 5) is 39.9. The third kappa shape index (κ3) is 5.48. The minimum Gasteiger partial charge on any atom is -0.342 e. The molecule has 6 nitrogen and oxygen atoms in total. The highest BCUT2D eigenvalue weighted by atomic mass is 35.5. The molecule has 3 amide bonds. The van der Waals surface area contributed by atoms with Crippen LogP contribution >= 0.6 is 23.4 Å². The van der Waals surface area contributed by atoms with E-state index in [-0.39, 0.29) is 11.4 Å². The largest absolute Gasteiger partial charge is 0.342 e. The van der Waals surface area contributed by atoms with Gasteiger partial charge in [-0.3, -0.25) is 19.3 Å². The van der Waals surface area contributed by atoms with Crippen molar-refractivity contribution >= 4 is 63.1 Å². The Labute approximate surface area is 234 Å². The van der Waals surface area contributed by atoms with E-state index in [0.717, 1.165) is 55.4 Å². The van der Waals surface area contributed by atoms with Crippen LogP contribution in [0.3, 0.4) is 0 Å². The van der Waals surface area contributed by atoms with Crippen LogP contribution in [-0.2, 0) is 16.1 Å². The fourth-order valence-electron chi connectivity index (χ4n) is 4.83. The molecule has 3 aromatic carbocycles. The minimum absolute atomic E-state index is 0.234. The molecule has 1 fully saturated rings. The number of hydrogen-bond donors (Lipinski definition) is 1. The predicted octanol–water partition coefficient (Wildman–Crippen LogP) is 7.08. The topological polar surface area (TPSA) is 71.4 Å². The number of imide groups is 1. The lowest BCUT2D eigenvalue weighted by Gasteiger charge is -2.15. The van der Waals surface area contributed by atoms with Gasteiger partial charge in [-0.25, -0.2) is 4.39 Å². The van der Waals surface area contributed by atoms with Gasteiger partial charge in [-0.2, -0.15) is 0 Å². The Morgan fingerprint density at radius 2 is 1.77 bits per heavy atom. The van der Waals surface area contributed by atoms with E-state index in [4.69, 9.17) is 11.6 Å². The Bertz CT molecular complexity index is 1670. The van der Waals surface area contributed by atoms with Crippen molar-refractivity contribution in [3.05, 3.63) is 104 Å². The van der Waals surface area contributed by atoms with Gasteiger partial charge in [-0.15, -0.1) is 0 Å². The molecule has 1 aliphatic rings. The molecule has 0 radical (unpaired) electrons. The average Bonchev–Trinajstić information content (AvgIpc) is 3.35. The first kappa shape index (κ1) is 26.7. The van der Waals surface area contributed by atoms with Gasteiger partial charge < -0.3 is 9.88 Å². The standard InChI is InChI=1S/C30H25ClFN3O3S/c1-17-10-18(2)28(19(3)11-17)33-27(36)16-35-29(37)26(39-30(35)38)12-21-15-34(25-7-5-4-6-23(21)25)14-20-8-9-22(32)13-24(20)31/h4-13,15H,14,16H2,1-3H3,(H,33,36)/b26-12-. The van der Waals surface area contributed by atoms with Crippen molar-refractivity contribution in [2.75, 3.05) is 11.9 Å². The minimum atomic E-state index is -0.518. The number of anilines is 1. The van der Waals surface area contributed by atoms with E-state index in [1.54, 1.807) is 12.1 Å². The lowest BCUT2D eigenvalue weighted by molar-refractivity contribution is -0.127. The summed E-state index contributed by atoms with van der Waals surface area (Å²) in [5.41, 5.74) is 5.97. The van der Waals surface area contributed by atoms with Crippen LogP contribution in [0.1, 0.15) is 27.8 Å². The number of aryl methyl sites for hydroxylation is 3. The number of nitrogens with zero attached hydrogens (tertiary/aromatic N) is 2. The van der Waals surface area contributed by atoms with Gasteiger partial charge in [0.1, 0.15) is 12.4 Å². The summed E-state index contributed by atoms with van der Waals surface area (Å²) in [5.74, 6) is -1.37. The SMILES string of the molecule is Cc1cc(C)c(NC(=O)CN2C(=O)S/C(=C\c3cn(Cc4ccc(F)cc4Cl)c4ccccc34)C2=O)c(C)c1. The Balaban J connectivity index is 1.38. The molecule has 1 N–H and O–H groups in total. The monoisotopic (exact) mass is 561 g/mol. The third-order valence-electron chi connectivity index (χ3n) is 6.58. The van der Waals surface area contributed by atoms with Crippen LogP contribution in [0, 0.1) is 26.6 Å². The van der Waals surface area contributed by atoms with Crippen molar-refractivity contribution in [1.82, 2.24) is 9.47 Å². The molecule has 1 aliphatic heterocycles. The van der Waals surface area contributed by atoms with Crippen LogP contribution in [-0.4, -0.2) is 33.1 Å². The summed E-state index contributed by atoms with van der Waals surface area (Å²) < 4.78 is 15.5. The first-order chi connectivity index (χ1) is 18.6. The van der Waals surface area contributed by atoms with Crippen molar-refractivity contribution in [2.24, 2.45) is 0 Å². The lowest BCUT2D eigenvalue weighted by Crippen LogP contribution is -2.36. The number of hydrogen-bond acceptors (Lipinski definition) is 4. The van der Waals surface area contributed by atoms with Crippen molar-refractivity contribution in [3.63, 3.8) is 0 Å². The Kier molecular flexibility index (Phi) is 7.34. The molecule has 4 aromatic rings. The molecule has 2 heterocycles. The second-order valence-electron chi connectivity index (χ2n) is 9.55. The van der Waals surface area contributed by atoms with Crippen LogP contribution in [0.25, 0.3) is 17.0 Å². The Hall–Kier alpha value is -3.88. The molecular weight excluding hydrogens is 537 g/mol. The fraction of sp³-hybridized carbons (Fsp3) is 0.167. The number of para-hydroxylation sites is 1. The van der Waals surface area contributed by atoms with Crippen molar-refractivity contribution < 1.29 is 18.8 Å². The molecule has 0 saturated carbocycles. The molecule has 198 valence electrons. The maximum absolute atomic E-state index is 13.5. The summed E-state index contributed by atoms with van der Waals surface area (Å²) in [7, 11) is 0. The number of carbonyl (C=O) groups is 3. The van der Waals surface area contributed by atoms with Crippen LogP contribution in [0.2, 0.25) is 5.02 Å². The zero-order valence-corrected chi connectivity index (χ0v) is 23.1. The Morgan fingerprint density at radius 3 is 2.49 bits per heavy atom. The second kappa shape index (κ2) is 10.7. The van der Waals surface area contributed by atoms with Crippen molar-refractivity contribution in [1.29, 1.82) is 0 Å². The van der Waals surface area contributed by atoms with Gasteiger partial charge in [0, 0.05) is 39.9 Å². The van der Waals surface area contributed by atoms with E-state index in [2.05, 4.69) is 5.32 Å². The van der Waals surface area contributed by atoms with E-state index >= 15 is 0 Å². The lowest BCUT2D eigenvalue weighted by atomic mass is 10.1. The quantitative estimate of drug-likeness (QED) is 0.255. The van der Waals surface area contributed by atoms with Crippen LogP contribution in [0.4, 0.5) is 14.9 Å². The molecule has 0 aliphatic carbocycles. The molecule has 0 atom stereocenters. The zero-order valence-electron chi connectivity index (χ0n) is 21.5. The van der Waals surface area contributed by atoms with Gasteiger partial charge in [0.25, 0.3) is 11.1 Å². The van der Waals surface area contributed by atoms with Crippen molar-refractivity contribution in [2.45, 2.75) is 27.3 Å². The summed E-state index contributed by atoms with van der Waals surface area (Å²) in [6, 6.07) is 15.9. The summed E-state index contributed by atoms with van der Waals surface area (Å²) in [6.45, 7) is 5.80. The summed E-state index contributed by atoms with van der Waals surface area (Å²) in [5, 5.41) is 3.55. The normalized spacial score (nSPS) is 14.6. The highest BCUT2D eigenvalue weighted by molar-refractivity contribution is 8.18. The predicted molar refractivity (Wildman–Crippen MR) is 154 cm³/mol. The molecular formula is C30H25ClFN3O3S. The van der Waals surface area contributed by atoms with Gasteiger partial charge in [-0.1, -0.05) is 53.6 Å². The second-order valence-corrected chi connectivity index (χ2v) is 11.0. The molecule has 1 aromatic heterocycles. The average molecular weight is 562 g/mol. The van der Waals surface area contributed by atoms with E-state index in [1.807, 2.05) is 67.9 Å². The van der Waals surface area contributed by atoms with Crippen LogP contribution < -0.4 is 5.32 Å². The molecule has 1 saturated heterocycles. The summed E-state index contributed by atoms with van der Waals surface area (Å²) >= 11 is 7.06. The van der Waals surface area contributed by atoms with Crippen molar-refractivity contribution in [3.8, 4) is 0 Å². The fourth-order valence-corrected chi connectivity index (χ4v) is 5.89. The number of fused-ring (bicyclic) bond motifs is 1. The zero-order chi connectivity index (χ0) is 27.8. The Morgan fingerprint density at radius 1 is 1.05 bits per heavy atom. The van der Waals surface area contributed by atoms with Gasteiger partial charge in [0.15, 0.2) is 0 Å². The van der Waals surface area contributed by atoms with Crippen LogP contribution in [0.15, 0.2) is 65.7 Å². The molecule has 0 spiro atoms. The van der Waals surface area contributed by atoms with Gasteiger partial charge >= 0.3 is 0 Å². The van der Waals surface area contributed by atoms with E-state index in [0.29, 0.717) is 17.3 Å². The number of amides is 3. The van der Waals surface area contributed by atoms with Gasteiger partial charge in [0.05, 0.1) is 4.91 Å². The van der Waals surface area contributed by atoms with Gasteiger partial charge in [-0.05, 0) is 73.5 Å². The number of carbonyl (C=O) groups excluding carboxylic acids is 3. The number of benzene rings is 3. The molecule has 0 unspecified atom stereocenters. The first-order valence-corrected chi connectivity index (χ1v) is 13.4. The first-order valence-electron chi connectivity index (χ1n) is 12.3. The molecule has 9 heteroatoms. The molecule has 0 bridgehead atoms. The number of thioether (sulfide) groups is 1. The maximum atomic E-state index is 13.5. The van der Waals surface area contributed by atoms with E-state index in [1.165, 1.54) is 12.1 Å². The van der Waals surface area contributed by atoms with E-state index in [9.17, 15) is 18.8 Å².